The number of halogens is 7. The van der Waals surface area contributed by atoms with Gasteiger partial charge in [-0.25, -0.2) is 19.9 Å². The van der Waals surface area contributed by atoms with E-state index in [4.69, 9.17) is 11.6 Å². The van der Waals surface area contributed by atoms with Crippen LogP contribution in [-0.4, -0.2) is 44.7 Å². The Morgan fingerprint density at radius 3 is 1.71 bits per heavy atom. The first-order chi connectivity index (χ1) is 23.2. The molecule has 2 aliphatic carbocycles. The van der Waals surface area contributed by atoms with Gasteiger partial charge < -0.3 is 20.1 Å². The summed E-state index contributed by atoms with van der Waals surface area (Å²) in [7, 11) is 0. The summed E-state index contributed by atoms with van der Waals surface area (Å²) in [4.78, 5) is 17.2. The van der Waals surface area contributed by atoms with E-state index in [9.17, 15) is 26.3 Å². The smallest absolute Gasteiger partial charge is 0.406 e. The molecule has 0 saturated heterocycles. The van der Waals surface area contributed by atoms with E-state index in [0.717, 1.165) is 38.5 Å². The number of hydrogen-bond donors (Lipinski definition) is 2. The Hall–Kier alpha value is -4.33. The van der Waals surface area contributed by atoms with E-state index in [1.165, 1.54) is 49.2 Å². The predicted molar refractivity (Wildman–Crippen MR) is 175 cm³/mol. The molecule has 0 atom stereocenters. The summed E-state index contributed by atoms with van der Waals surface area (Å²) in [6.45, 7) is 3.51. The van der Waals surface area contributed by atoms with Crippen LogP contribution in [0, 0.1) is 13.8 Å². The van der Waals surface area contributed by atoms with Crippen LogP contribution < -0.4 is 20.1 Å². The second-order valence-electron chi connectivity index (χ2n) is 11.9. The zero-order chi connectivity index (χ0) is 35.2. The molecule has 2 N–H and O–H groups in total. The van der Waals surface area contributed by atoms with Gasteiger partial charge in [0.2, 0.25) is 0 Å². The number of ether oxygens (including phenoxy) is 2. The standard InChI is InChI=1S/C17H17ClF3N3O.C17H18F3N3O/c1-10-22-15(18)14(16(23-10)24-12-6-2-3-7-12)11-5-4-8-13(9-11)25-17(19,20)21;1-11-21-10-15(16(22-11)23-13-6-2-3-7-13)12-5-4-8-14(9-12)24-17(18,19)20/h4-5,8-9,12H,2-3,6-7H2,1H3,(H,22,23,24);4-5,8-10,13H,2-3,6-7H2,1H3,(H,21,22,23). The second-order valence-corrected chi connectivity index (χ2v) is 12.2. The fourth-order valence-electron chi connectivity index (χ4n) is 5.93. The van der Waals surface area contributed by atoms with Crippen LogP contribution in [0.2, 0.25) is 5.15 Å². The normalized spacial score (nSPS) is 15.4. The van der Waals surface area contributed by atoms with Crippen molar-refractivity contribution in [2.75, 3.05) is 10.6 Å². The number of nitrogens with zero attached hydrogens (tertiary/aromatic N) is 4. The molecule has 0 amide bonds. The number of alkyl halides is 6. The number of nitrogens with one attached hydrogen (secondary N) is 2. The quantitative estimate of drug-likeness (QED) is 0.138. The molecule has 0 spiro atoms. The monoisotopic (exact) mass is 708 g/mol. The molecule has 6 rings (SSSR count). The van der Waals surface area contributed by atoms with Crippen LogP contribution in [0.4, 0.5) is 38.0 Å². The van der Waals surface area contributed by atoms with Gasteiger partial charge in [-0.05, 0) is 74.9 Å². The highest BCUT2D eigenvalue weighted by Gasteiger charge is 2.32. The molecule has 0 unspecified atom stereocenters. The zero-order valence-corrected chi connectivity index (χ0v) is 27.5. The summed E-state index contributed by atoms with van der Waals surface area (Å²) in [5.74, 6) is 1.73. The van der Waals surface area contributed by atoms with Crippen LogP contribution in [0.15, 0.2) is 54.7 Å². The number of hydrogen-bond acceptors (Lipinski definition) is 8. The largest absolute Gasteiger partial charge is 0.573 e. The number of benzene rings is 2. The Morgan fingerprint density at radius 2 is 1.16 bits per heavy atom. The van der Waals surface area contributed by atoms with Gasteiger partial charge in [-0.2, -0.15) is 0 Å². The van der Waals surface area contributed by atoms with Crippen LogP contribution in [0.3, 0.4) is 0 Å². The summed E-state index contributed by atoms with van der Waals surface area (Å²) in [5, 5.41) is 6.95. The highest BCUT2D eigenvalue weighted by Crippen LogP contribution is 2.37. The minimum Gasteiger partial charge on any atom is -0.406 e. The molecule has 2 heterocycles. The molecule has 2 aromatic heterocycles. The lowest BCUT2D eigenvalue weighted by molar-refractivity contribution is -0.275. The van der Waals surface area contributed by atoms with E-state index < -0.39 is 12.7 Å². The van der Waals surface area contributed by atoms with Gasteiger partial charge in [-0.3, -0.25) is 0 Å². The third-order valence-electron chi connectivity index (χ3n) is 8.01. The van der Waals surface area contributed by atoms with Crippen LogP contribution >= 0.6 is 11.6 Å². The summed E-state index contributed by atoms with van der Waals surface area (Å²) < 4.78 is 82.7. The molecule has 2 aromatic carbocycles. The lowest BCUT2D eigenvalue weighted by Gasteiger charge is -2.18. The summed E-state index contributed by atoms with van der Waals surface area (Å²) in [5.41, 5.74) is 2.19. The first-order valence-electron chi connectivity index (χ1n) is 15.9. The molecule has 2 fully saturated rings. The number of aromatic nitrogens is 4. The highest BCUT2D eigenvalue weighted by molar-refractivity contribution is 6.32. The first kappa shape index (κ1) is 36.0. The number of anilines is 2. The van der Waals surface area contributed by atoms with Crippen LogP contribution in [0.25, 0.3) is 22.3 Å². The lowest BCUT2D eigenvalue weighted by Crippen LogP contribution is -2.18. The number of rotatable bonds is 8. The third-order valence-corrected chi connectivity index (χ3v) is 8.29. The Labute approximate surface area is 284 Å². The molecule has 262 valence electrons. The van der Waals surface area contributed by atoms with Gasteiger partial charge in [0.15, 0.2) is 0 Å². The van der Waals surface area contributed by atoms with Crippen molar-refractivity contribution >= 4 is 23.2 Å². The molecular weight excluding hydrogens is 674 g/mol. The van der Waals surface area contributed by atoms with Crippen LogP contribution in [0.5, 0.6) is 11.5 Å². The fourth-order valence-corrected chi connectivity index (χ4v) is 6.25. The minimum atomic E-state index is -4.75. The van der Waals surface area contributed by atoms with Crippen molar-refractivity contribution in [1.82, 2.24) is 19.9 Å². The Kier molecular flexibility index (Phi) is 11.4. The molecule has 0 bridgehead atoms. The van der Waals surface area contributed by atoms with Gasteiger partial charge >= 0.3 is 12.7 Å². The highest BCUT2D eigenvalue weighted by atomic mass is 35.5. The van der Waals surface area contributed by atoms with E-state index in [1.54, 1.807) is 32.2 Å². The van der Waals surface area contributed by atoms with Gasteiger partial charge in [0, 0.05) is 23.8 Å². The average Bonchev–Trinajstić information content (AvgIpc) is 3.71. The van der Waals surface area contributed by atoms with Gasteiger partial charge in [0.25, 0.3) is 0 Å². The molecule has 4 aromatic rings. The van der Waals surface area contributed by atoms with E-state index >= 15 is 0 Å². The SMILES string of the molecule is Cc1nc(Cl)c(-c2cccc(OC(F)(F)F)c2)c(NC2CCCC2)n1.Cc1ncc(-c2cccc(OC(F)(F)F)c2)c(NC2CCCC2)n1. The average molecular weight is 709 g/mol. The molecule has 49 heavy (non-hydrogen) atoms. The van der Waals surface area contributed by atoms with Crippen molar-refractivity contribution in [2.45, 2.75) is 90.0 Å². The van der Waals surface area contributed by atoms with E-state index in [-0.39, 0.29) is 22.7 Å². The summed E-state index contributed by atoms with van der Waals surface area (Å²) in [6.07, 6.45) is 0.974. The van der Waals surface area contributed by atoms with Crippen molar-refractivity contribution in [3.63, 3.8) is 0 Å². The maximum atomic E-state index is 12.5. The second kappa shape index (κ2) is 15.5. The van der Waals surface area contributed by atoms with Crippen molar-refractivity contribution in [2.24, 2.45) is 0 Å². The van der Waals surface area contributed by atoms with Gasteiger partial charge in [0.1, 0.15) is 39.9 Å². The minimum absolute atomic E-state index is 0.192. The maximum Gasteiger partial charge on any atom is 0.573 e. The topological polar surface area (TPSA) is 94.1 Å². The molecule has 8 nitrogen and oxygen atoms in total. The Morgan fingerprint density at radius 1 is 0.673 bits per heavy atom. The van der Waals surface area contributed by atoms with E-state index in [0.29, 0.717) is 51.6 Å². The molecule has 2 saturated carbocycles. The molecule has 0 radical (unpaired) electrons. The van der Waals surface area contributed by atoms with Crippen molar-refractivity contribution in [3.05, 3.63) is 71.5 Å². The maximum absolute atomic E-state index is 12.5. The Bertz CT molecular complexity index is 1730. The molecule has 0 aliphatic heterocycles. The predicted octanol–water partition coefficient (Wildman–Crippen LogP) is 10.1. The van der Waals surface area contributed by atoms with Gasteiger partial charge in [-0.15, -0.1) is 26.3 Å². The lowest BCUT2D eigenvalue weighted by atomic mass is 10.1. The van der Waals surface area contributed by atoms with E-state index in [1.807, 2.05) is 0 Å². The van der Waals surface area contributed by atoms with Gasteiger partial charge in [0.05, 0.1) is 5.56 Å². The third kappa shape index (κ3) is 10.6. The molecule has 2 aliphatic rings. The van der Waals surface area contributed by atoms with Crippen LogP contribution in [0.1, 0.15) is 63.0 Å². The summed E-state index contributed by atoms with van der Waals surface area (Å²) in [6, 6.07) is 12.1. The molecular formula is C34H35ClF6N6O2. The van der Waals surface area contributed by atoms with Crippen molar-refractivity contribution in [3.8, 4) is 33.8 Å². The van der Waals surface area contributed by atoms with Gasteiger partial charge in [-0.1, -0.05) is 61.5 Å². The first-order valence-corrected chi connectivity index (χ1v) is 16.2. The molecule has 15 heteroatoms. The zero-order valence-electron chi connectivity index (χ0n) is 26.8. The fraction of sp³-hybridized carbons (Fsp3) is 0.412. The van der Waals surface area contributed by atoms with E-state index in [2.05, 4.69) is 40.0 Å². The Balaban J connectivity index is 0.000000191. The number of aryl methyl sites for hydroxylation is 2. The van der Waals surface area contributed by atoms with Crippen molar-refractivity contribution in [1.29, 1.82) is 0 Å². The van der Waals surface area contributed by atoms with Crippen LogP contribution in [-0.2, 0) is 0 Å². The van der Waals surface area contributed by atoms with Crippen molar-refractivity contribution < 1.29 is 35.8 Å². The summed E-state index contributed by atoms with van der Waals surface area (Å²) >= 11 is 6.29.